The minimum absolute atomic E-state index is 0.298. The summed E-state index contributed by atoms with van der Waals surface area (Å²) in [6, 6.07) is 5.61. The summed E-state index contributed by atoms with van der Waals surface area (Å²) in [6.07, 6.45) is 3.32. The molecule has 0 aliphatic carbocycles. The van der Waals surface area contributed by atoms with Gasteiger partial charge in [0, 0.05) is 0 Å². The first kappa shape index (κ1) is 15.9. The predicted molar refractivity (Wildman–Crippen MR) is 81.2 cm³/mol. The number of piperidine rings is 1. The van der Waals surface area contributed by atoms with Crippen LogP contribution >= 0.6 is 0 Å². The number of rotatable bonds is 6. The van der Waals surface area contributed by atoms with Crippen LogP contribution in [-0.4, -0.2) is 37.5 Å². The number of hydrogen-bond donors (Lipinski definition) is 2. The largest absolute Gasteiger partial charge is 0.368 e. The normalized spacial score (nSPS) is 18.6. The van der Waals surface area contributed by atoms with Crippen molar-refractivity contribution in [2.75, 3.05) is 26.7 Å². The summed E-state index contributed by atoms with van der Waals surface area (Å²) in [7, 11) is 1.97. The second-order valence-electron chi connectivity index (χ2n) is 5.73. The molecule has 1 amide bonds. The van der Waals surface area contributed by atoms with Crippen molar-refractivity contribution in [2.45, 2.75) is 25.3 Å². The summed E-state index contributed by atoms with van der Waals surface area (Å²) >= 11 is 0. The highest BCUT2D eigenvalue weighted by Gasteiger charge is 2.29. The van der Waals surface area contributed by atoms with E-state index in [-0.39, 0.29) is 11.7 Å². The number of nitrogens with one attached hydrogen (secondary N) is 1. The number of nitrogens with zero attached hydrogens (tertiary/aromatic N) is 1. The Morgan fingerprint density at radius 1 is 1.38 bits per heavy atom. The fourth-order valence-electron chi connectivity index (χ4n) is 3.05. The summed E-state index contributed by atoms with van der Waals surface area (Å²) in [4.78, 5) is 13.9. The number of likely N-dealkylation sites (tertiary alicyclic amines) is 1. The zero-order valence-corrected chi connectivity index (χ0v) is 12.5. The molecule has 1 aliphatic rings. The molecule has 2 rings (SSSR count). The Balaban J connectivity index is 2.00. The Morgan fingerprint density at radius 2 is 2.00 bits per heavy atom. The van der Waals surface area contributed by atoms with E-state index in [9.17, 15) is 9.18 Å². The number of primary amides is 1. The second kappa shape index (κ2) is 7.52. The third kappa shape index (κ3) is 4.25. The molecule has 116 valence electrons. The minimum Gasteiger partial charge on any atom is -0.368 e. The highest BCUT2D eigenvalue weighted by molar-refractivity contribution is 5.81. The molecule has 0 saturated carbocycles. The van der Waals surface area contributed by atoms with Crippen LogP contribution in [0.2, 0.25) is 0 Å². The first-order valence-electron chi connectivity index (χ1n) is 7.55. The van der Waals surface area contributed by atoms with E-state index in [1.54, 1.807) is 12.1 Å². The maximum Gasteiger partial charge on any atom is 0.239 e. The van der Waals surface area contributed by atoms with Crippen molar-refractivity contribution in [1.29, 1.82) is 0 Å². The minimum atomic E-state index is -0.448. The van der Waals surface area contributed by atoms with Crippen molar-refractivity contribution in [3.63, 3.8) is 0 Å². The van der Waals surface area contributed by atoms with Crippen LogP contribution < -0.4 is 11.1 Å². The van der Waals surface area contributed by atoms with Crippen LogP contribution in [0.3, 0.4) is 0 Å². The van der Waals surface area contributed by atoms with Gasteiger partial charge < -0.3 is 11.1 Å². The van der Waals surface area contributed by atoms with Gasteiger partial charge in [0.25, 0.3) is 0 Å². The predicted octanol–water partition coefficient (Wildman–Crippen LogP) is 1.67. The summed E-state index contributed by atoms with van der Waals surface area (Å²) in [5.74, 6) is 0.0403. The highest BCUT2D eigenvalue weighted by atomic mass is 19.1. The molecule has 21 heavy (non-hydrogen) atoms. The molecule has 1 aromatic carbocycles. The van der Waals surface area contributed by atoms with Crippen molar-refractivity contribution in [2.24, 2.45) is 11.7 Å². The molecule has 1 fully saturated rings. The molecule has 1 atom stereocenters. The first-order valence-corrected chi connectivity index (χ1v) is 7.55. The van der Waals surface area contributed by atoms with E-state index in [2.05, 4.69) is 10.2 Å². The highest BCUT2D eigenvalue weighted by Crippen LogP contribution is 2.28. The molecule has 4 nitrogen and oxygen atoms in total. The van der Waals surface area contributed by atoms with E-state index in [4.69, 9.17) is 5.73 Å². The Bertz CT molecular complexity index is 455. The molecule has 3 N–H and O–H groups in total. The average molecular weight is 293 g/mol. The lowest BCUT2D eigenvalue weighted by atomic mass is 9.91. The van der Waals surface area contributed by atoms with E-state index in [0.29, 0.717) is 5.92 Å². The molecule has 0 bridgehead atoms. The van der Waals surface area contributed by atoms with Crippen LogP contribution in [0.4, 0.5) is 4.39 Å². The van der Waals surface area contributed by atoms with Crippen LogP contribution in [0, 0.1) is 11.7 Å². The maximum absolute atomic E-state index is 13.0. The number of nitrogens with two attached hydrogens (primary N) is 1. The zero-order valence-electron chi connectivity index (χ0n) is 12.5. The number of carbonyl (C=O) groups is 1. The van der Waals surface area contributed by atoms with E-state index in [0.717, 1.165) is 38.0 Å². The second-order valence-corrected chi connectivity index (χ2v) is 5.73. The van der Waals surface area contributed by atoms with Gasteiger partial charge in [0.2, 0.25) is 5.91 Å². The van der Waals surface area contributed by atoms with Gasteiger partial charge in [-0.2, -0.15) is 0 Å². The smallest absolute Gasteiger partial charge is 0.239 e. The van der Waals surface area contributed by atoms with Gasteiger partial charge in [-0.15, -0.1) is 0 Å². The lowest BCUT2D eigenvalue weighted by Gasteiger charge is -2.36. The van der Waals surface area contributed by atoms with E-state index < -0.39 is 6.04 Å². The van der Waals surface area contributed by atoms with Gasteiger partial charge >= 0.3 is 0 Å². The summed E-state index contributed by atoms with van der Waals surface area (Å²) in [5, 5.41) is 3.18. The molecular weight excluding hydrogens is 269 g/mol. The molecule has 1 saturated heterocycles. The summed E-state index contributed by atoms with van der Waals surface area (Å²) in [5.41, 5.74) is 6.34. The Labute approximate surface area is 125 Å². The number of benzene rings is 1. The first-order chi connectivity index (χ1) is 10.1. The van der Waals surface area contributed by atoms with Gasteiger partial charge in [-0.05, 0) is 69.6 Å². The third-order valence-electron chi connectivity index (χ3n) is 4.27. The summed E-state index contributed by atoms with van der Waals surface area (Å²) < 4.78 is 13.0. The van der Waals surface area contributed by atoms with Gasteiger partial charge in [-0.25, -0.2) is 4.39 Å². The number of amides is 1. The fourth-order valence-corrected chi connectivity index (χ4v) is 3.05. The van der Waals surface area contributed by atoms with Gasteiger partial charge in [0.1, 0.15) is 11.9 Å². The molecule has 0 aromatic heterocycles. The molecule has 5 heteroatoms. The van der Waals surface area contributed by atoms with Gasteiger partial charge in [-0.3, -0.25) is 9.69 Å². The standard InChI is InChI=1S/C16H24FN3O/c1-19-9-6-12-7-10-20(11-8-12)15(16(18)21)13-2-4-14(17)5-3-13/h2-5,12,15,19H,6-11H2,1H3,(H2,18,21). The third-order valence-corrected chi connectivity index (χ3v) is 4.27. The zero-order chi connectivity index (χ0) is 15.2. The Morgan fingerprint density at radius 3 is 2.52 bits per heavy atom. The van der Waals surface area contributed by atoms with Gasteiger partial charge in [0.05, 0.1) is 0 Å². The molecule has 1 heterocycles. The van der Waals surface area contributed by atoms with Crippen LogP contribution in [0.5, 0.6) is 0 Å². The van der Waals surface area contributed by atoms with Crippen molar-refractivity contribution in [3.05, 3.63) is 35.6 Å². The molecule has 0 spiro atoms. The van der Waals surface area contributed by atoms with E-state index in [1.807, 2.05) is 7.05 Å². The van der Waals surface area contributed by atoms with Crippen molar-refractivity contribution in [3.8, 4) is 0 Å². The van der Waals surface area contributed by atoms with Crippen LogP contribution in [-0.2, 0) is 4.79 Å². The topological polar surface area (TPSA) is 58.4 Å². The number of halogens is 1. The number of hydrogen-bond acceptors (Lipinski definition) is 3. The lowest BCUT2D eigenvalue weighted by molar-refractivity contribution is -0.124. The SMILES string of the molecule is CNCCC1CCN(C(C(N)=O)c2ccc(F)cc2)CC1. The van der Waals surface area contributed by atoms with Crippen molar-refractivity contribution >= 4 is 5.91 Å². The molecule has 0 radical (unpaired) electrons. The molecule has 1 aliphatic heterocycles. The summed E-state index contributed by atoms with van der Waals surface area (Å²) in [6.45, 7) is 2.75. The Hall–Kier alpha value is -1.46. The van der Waals surface area contributed by atoms with Crippen molar-refractivity contribution < 1.29 is 9.18 Å². The van der Waals surface area contributed by atoms with E-state index in [1.165, 1.54) is 18.6 Å². The van der Waals surface area contributed by atoms with E-state index >= 15 is 0 Å². The molecular formula is C16H24FN3O. The monoisotopic (exact) mass is 293 g/mol. The van der Waals surface area contributed by atoms with Crippen LogP contribution in [0.1, 0.15) is 30.9 Å². The molecule has 1 unspecified atom stereocenters. The maximum atomic E-state index is 13.0. The van der Waals surface area contributed by atoms with Gasteiger partial charge in [0.15, 0.2) is 0 Å². The van der Waals surface area contributed by atoms with Crippen LogP contribution in [0.15, 0.2) is 24.3 Å². The lowest BCUT2D eigenvalue weighted by Crippen LogP contribution is -2.42. The Kier molecular flexibility index (Phi) is 5.70. The average Bonchev–Trinajstić information content (AvgIpc) is 2.48. The van der Waals surface area contributed by atoms with Crippen LogP contribution in [0.25, 0.3) is 0 Å². The quantitative estimate of drug-likeness (QED) is 0.839. The van der Waals surface area contributed by atoms with Crippen molar-refractivity contribution in [1.82, 2.24) is 10.2 Å². The fraction of sp³-hybridized carbons (Fsp3) is 0.562. The number of carbonyl (C=O) groups excluding carboxylic acids is 1. The molecule has 1 aromatic rings. The van der Waals surface area contributed by atoms with Gasteiger partial charge in [-0.1, -0.05) is 12.1 Å².